The van der Waals surface area contributed by atoms with Gasteiger partial charge in [-0.15, -0.1) is 16.8 Å². The largest absolute Gasteiger partial charge is 0.324 e. The molecule has 0 bridgehead atoms. The smallest absolute Gasteiger partial charge is 0.237 e. The van der Waals surface area contributed by atoms with Crippen molar-refractivity contribution in [3.63, 3.8) is 0 Å². The molecule has 0 aliphatic carbocycles. The molecule has 0 spiro atoms. The fourth-order valence-corrected chi connectivity index (χ4v) is 3.67. The summed E-state index contributed by atoms with van der Waals surface area (Å²) in [6.45, 7) is 7.62. The zero-order chi connectivity index (χ0) is 20.8. The summed E-state index contributed by atoms with van der Waals surface area (Å²) in [5, 5.41) is 11.6. The maximum absolute atomic E-state index is 12.7. The zero-order valence-electron chi connectivity index (χ0n) is 16.3. The summed E-state index contributed by atoms with van der Waals surface area (Å²) in [5.74, 6) is 0.417. The molecule has 0 aliphatic heterocycles. The summed E-state index contributed by atoms with van der Waals surface area (Å²) < 4.78 is 1.93. The number of nitrogens with one attached hydrogen (secondary N) is 1. The summed E-state index contributed by atoms with van der Waals surface area (Å²) in [7, 11) is 0. The van der Waals surface area contributed by atoms with E-state index in [1.54, 1.807) is 37.3 Å². The number of hydrogen-bond acceptors (Lipinski definition) is 5. The van der Waals surface area contributed by atoms with E-state index in [1.807, 2.05) is 34.9 Å². The second-order valence-corrected chi connectivity index (χ2v) is 7.73. The lowest BCUT2D eigenvalue weighted by molar-refractivity contribution is -0.115. The summed E-state index contributed by atoms with van der Waals surface area (Å²) in [6, 6.07) is 16.7. The molecule has 6 nitrogen and oxygen atoms in total. The molecular weight excluding hydrogens is 384 g/mol. The molecule has 29 heavy (non-hydrogen) atoms. The highest BCUT2D eigenvalue weighted by atomic mass is 32.2. The minimum absolute atomic E-state index is 0.0977. The normalized spacial score (nSPS) is 11.7. The highest BCUT2D eigenvalue weighted by molar-refractivity contribution is 8.00. The molecule has 3 rings (SSSR count). The van der Waals surface area contributed by atoms with Gasteiger partial charge in [0.05, 0.1) is 10.9 Å². The number of nitrogens with zero attached hydrogens (tertiary/aromatic N) is 3. The van der Waals surface area contributed by atoms with Gasteiger partial charge in [-0.05, 0) is 26.0 Å². The second-order valence-electron chi connectivity index (χ2n) is 6.42. The minimum Gasteiger partial charge on any atom is -0.324 e. The number of para-hydroxylation sites is 1. The van der Waals surface area contributed by atoms with Crippen LogP contribution in [0.25, 0.3) is 11.4 Å². The van der Waals surface area contributed by atoms with Gasteiger partial charge in [-0.1, -0.05) is 60.3 Å². The van der Waals surface area contributed by atoms with E-state index in [-0.39, 0.29) is 11.7 Å². The third kappa shape index (κ3) is 4.81. The average Bonchev–Trinajstić information content (AvgIpc) is 3.11. The first-order valence-electron chi connectivity index (χ1n) is 9.18. The molecule has 0 fully saturated rings. The molecule has 0 saturated heterocycles. The van der Waals surface area contributed by atoms with Gasteiger partial charge in [0.2, 0.25) is 5.91 Å². The Morgan fingerprint density at radius 1 is 1.14 bits per heavy atom. The summed E-state index contributed by atoms with van der Waals surface area (Å²) >= 11 is 1.31. The summed E-state index contributed by atoms with van der Waals surface area (Å²) in [5.41, 5.74) is 1.94. The Morgan fingerprint density at radius 2 is 1.83 bits per heavy atom. The first kappa shape index (κ1) is 20.5. The number of rotatable bonds is 8. The monoisotopic (exact) mass is 406 g/mol. The number of amides is 1. The van der Waals surface area contributed by atoms with Crippen molar-refractivity contribution < 1.29 is 9.59 Å². The van der Waals surface area contributed by atoms with Gasteiger partial charge < -0.3 is 5.32 Å². The maximum Gasteiger partial charge on any atom is 0.237 e. The van der Waals surface area contributed by atoms with Gasteiger partial charge in [-0.25, -0.2) is 0 Å². The Labute approximate surface area is 174 Å². The molecule has 7 heteroatoms. The maximum atomic E-state index is 12.7. The molecule has 2 aromatic carbocycles. The number of allylic oxidation sites excluding steroid dienone is 1. The standard InChI is InChI=1S/C22H22N4O2S/c1-4-14-26-20(17-10-6-5-7-11-17)24-25-22(26)29-16(3)21(28)23-19-13-9-8-12-18(19)15(2)27/h4-13,16H,1,14H2,2-3H3,(H,23,28)/t16-/m0/s1. The number of thioether (sulfide) groups is 1. The van der Waals surface area contributed by atoms with Gasteiger partial charge in [0.15, 0.2) is 16.8 Å². The van der Waals surface area contributed by atoms with E-state index in [0.717, 1.165) is 11.4 Å². The van der Waals surface area contributed by atoms with Crippen LogP contribution in [-0.4, -0.2) is 31.7 Å². The number of aromatic nitrogens is 3. The molecule has 0 aliphatic rings. The Morgan fingerprint density at radius 3 is 2.52 bits per heavy atom. The lowest BCUT2D eigenvalue weighted by Gasteiger charge is -2.14. The average molecular weight is 407 g/mol. The number of Topliss-reactive ketones (excluding diaryl/α,β-unsaturated/α-hetero) is 1. The van der Waals surface area contributed by atoms with E-state index >= 15 is 0 Å². The van der Waals surface area contributed by atoms with Crippen molar-refractivity contribution in [2.45, 2.75) is 30.8 Å². The van der Waals surface area contributed by atoms with Crippen LogP contribution in [0.2, 0.25) is 0 Å². The van der Waals surface area contributed by atoms with Gasteiger partial charge in [-0.3, -0.25) is 14.2 Å². The molecule has 0 radical (unpaired) electrons. The van der Waals surface area contributed by atoms with E-state index < -0.39 is 5.25 Å². The molecule has 1 aromatic heterocycles. The van der Waals surface area contributed by atoms with E-state index in [2.05, 4.69) is 22.1 Å². The SMILES string of the molecule is C=CCn1c(S[C@@H](C)C(=O)Nc2ccccc2C(C)=O)nnc1-c1ccccc1. The number of hydrogen-bond donors (Lipinski definition) is 1. The van der Waals surface area contributed by atoms with Crippen molar-refractivity contribution in [1.82, 2.24) is 14.8 Å². The fourth-order valence-electron chi connectivity index (χ4n) is 2.82. The zero-order valence-corrected chi connectivity index (χ0v) is 17.1. The third-order valence-electron chi connectivity index (χ3n) is 4.28. The van der Waals surface area contributed by atoms with Crippen molar-refractivity contribution in [2.75, 3.05) is 5.32 Å². The van der Waals surface area contributed by atoms with Crippen LogP contribution in [0.5, 0.6) is 0 Å². The minimum atomic E-state index is -0.439. The molecule has 148 valence electrons. The van der Waals surface area contributed by atoms with E-state index in [9.17, 15) is 9.59 Å². The number of carbonyl (C=O) groups is 2. The van der Waals surface area contributed by atoms with Gasteiger partial charge in [0.1, 0.15) is 0 Å². The van der Waals surface area contributed by atoms with Crippen LogP contribution < -0.4 is 5.32 Å². The topological polar surface area (TPSA) is 76.9 Å². The number of ketones is 1. The van der Waals surface area contributed by atoms with Gasteiger partial charge >= 0.3 is 0 Å². The van der Waals surface area contributed by atoms with Crippen LogP contribution >= 0.6 is 11.8 Å². The second kappa shape index (κ2) is 9.34. The van der Waals surface area contributed by atoms with Crippen LogP contribution in [-0.2, 0) is 11.3 Å². The number of benzene rings is 2. The summed E-state index contributed by atoms with van der Waals surface area (Å²) in [4.78, 5) is 24.5. The first-order valence-corrected chi connectivity index (χ1v) is 10.1. The Kier molecular flexibility index (Phi) is 6.61. The van der Waals surface area contributed by atoms with Crippen LogP contribution in [0, 0.1) is 0 Å². The number of carbonyl (C=O) groups excluding carboxylic acids is 2. The molecular formula is C22H22N4O2S. The molecule has 1 atom stereocenters. The van der Waals surface area contributed by atoms with Crippen molar-refractivity contribution in [3.05, 3.63) is 72.8 Å². The van der Waals surface area contributed by atoms with Crippen LogP contribution in [0.15, 0.2) is 72.4 Å². The Hall–Kier alpha value is -3.19. The molecule has 3 aromatic rings. The van der Waals surface area contributed by atoms with E-state index in [1.165, 1.54) is 18.7 Å². The van der Waals surface area contributed by atoms with Crippen molar-refractivity contribution in [2.24, 2.45) is 0 Å². The highest BCUT2D eigenvalue weighted by Crippen LogP contribution is 2.28. The lowest BCUT2D eigenvalue weighted by Crippen LogP contribution is -2.24. The van der Waals surface area contributed by atoms with Crippen molar-refractivity contribution >= 4 is 29.1 Å². The quantitative estimate of drug-likeness (QED) is 0.340. The van der Waals surface area contributed by atoms with Crippen LogP contribution in [0.3, 0.4) is 0 Å². The first-order chi connectivity index (χ1) is 14.0. The molecule has 0 saturated carbocycles. The molecule has 1 heterocycles. The predicted molar refractivity (Wildman–Crippen MR) is 116 cm³/mol. The van der Waals surface area contributed by atoms with Crippen molar-refractivity contribution in [1.29, 1.82) is 0 Å². The van der Waals surface area contributed by atoms with Gasteiger partial charge in [0, 0.05) is 17.7 Å². The van der Waals surface area contributed by atoms with Gasteiger partial charge in [-0.2, -0.15) is 0 Å². The van der Waals surface area contributed by atoms with Crippen LogP contribution in [0.4, 0.5) is 5.69 Å². The third-order valence-corrected chi connectivity index (χ3v) is 5.36. The van der Waals surface area contributed by atoms with Crippen LogP contribution in [0.1, 0.15) is 24.2 Å². The highest BCUT2D eigenvalue weighted by Gasteiger charge is 2.21. The fraction of sp³-hybridized carbons (Fsp3) is 0.182. The van der Waals surface area contributed by atoms with Gasteiger partial charge in [0.25, 0.3) is 0 Å². The van der Waals surface area contributed by atoms with E-state index in [4.69, 9.17) is 0 Å². The molecule has 1 N–H and O–H groups in total. The Balaban J connectivity index is 1.79. The lowest BCUT2D eigenvalue weighted by atomic mass is 10.1. The predicted octanol–water partition coefficient (Wildman–Crippen LogP) is 4.45. The number of anilines is 1. The molecule has 1 amide bonds. The molecule has 0 unspecified atom stereocenters. The Bertz CT molecular complexity index is 1030. The van der Waals surface area contributed by atoms with E-state index in [0.29, 0.717) is 23.0 Å². The van der Waals surface area contributed by atoms with Crippen molar-refractivity contribution in [3.8, 4) is 11.4 Å². The summed E-state index contributed by atoms with van der Waals surface area (Å²) in [6.07, 6.45) is 1.77.